The van der Waals surface area contributed by atoms with Crippen LogP contribution in [0.2, 0.25) is 0 Å². The van der Waals surface area contributed by atoms with Gasteiger partial charge in [-0.3, -0.25) is 4.79 Å². The monoisotopic (exact) mass is 269 g/mol. The van der Waals surface area contributed by atoms with Crippen molar-refractivity contribution in [2.24, 2.45) is 5.73 Å². The van der Waals surface area contributed by atoms with Gasteiger partial charge >= 0.3 is 0 Å². The summed E-state index contributed by atoms with van der Waals surface area (Å²) in [6.07, 6.45) is 3.45. The Morgan fingerprint density at radius 1 is 1.67 bits per heavy atom. The number of nitrogens with zero attached hydrogens (tertiary/aromatic N) is 1. The Hall–Kier alpha value is -0.980. The van der Waals surface area contributed by atoms with Crippen LogP contribution >= 0.6 is 11.3 Å². The Balaban J connectivity index is 1.72. The van der Waals surface area contributed by atoms with E-state index in [2.05, 4.69) is 10.3 Å². The van der Waals surface area contributed by atoms with Crippen LogP contribution in [0, 0.1) is 0 Å². The number of hydrogen-bond acceptors (Lipinski definition) is 5. The summed E-state index contributed by atoms with van der Waals surface area (Å²) in [5.74, 6) is 0.0131. The predicted octanol–water partition coefficient (Wildman–Crippen LogP) is 0.482. The second-order valence-electron chi connectivity index (χ2n) is 4.39. The van der Waals surface area contributed by atoms with Crippen LogP contribution in [0.25, 0.3) is 0 Å². The summed E-state index contributed by atoms with van der Waals surface area (Å²) in [6.45, 7) is 2.02. The quantitative estimate of drug-likeness (QED) is 0.787. The lowest BCUT2D eigenvalue weighted by molar-refractivity contribution is -0.120. The molecule has 1 saturated heterocycles. The number of nitrogens with two attached hydrogens (primary N) is 1. The molecule has 1 atom stereocenters. The first kappa shape index (κ1) is 13.5. The van der Waals surface area contributed by atoms with Gasteiger partial charge in [-0.05, 0) is 19.4 Å². The number of aromatic nitrogens is 1. The largest absolute Gasteiger partial charge is 0.376 e. The molecule has 1 fully saturated rings. The molecule has 0 aromatic carbocycles. The number of amides is 1. The molecule has 1 aromatic heterocycles. The van der Waals surface area contributed by atoms with Gasteiger partial charge in [-0.1, -0.05) is 0 Å². The van der Waals surface area contributed by atoms with Crippen molar-refractivity contribution in [1.82, 2.24) is 10.3 Å². The normalized spacial score (nSPS) is 19.1. The van der Waals surface area contributed by atoms with Crippen LogP contribution in [0.4, 0.5) is 0 Å². The Morgan fingerprint density at radius 3 is 3.28 bits per heavy atom. The van der Waals surface area contributed by atoms with Crippen molar-refractivity contribution in [1.29, 1.82) is 0 Å². The lowest BCUT2D eigenvalue weighted by Gasteiger charge is -2.09. The highest BCUT2D eigenvalue weighted by Gasteiger charge is 2.16. The summed E-state index contributed by atoms with van der Waals surface area (Å²) < 4.78 is 5.45. The van der Waals surface area contributed by atoms with Crippen LogP contribution < -0.4 is 11.1 Å². The Bertz CT molecular complexity index is 388. The number of carbonyl (C=O) groups is 1. The lowest BCUT2D eigenvalue weighted by atomic mass is 10.2. The van der Waals surface area contributed by atoms with E-state index in [4.69, 9.17) is 10.5 Å². The zero-order chi connectivity index (χ0) is 12.8. The van der Waals surface area contributed by atoms with Crippen LogP contribution in [-0.4, -0.2) is 36.7 Å². The molecule has 1 aromatic rings. The van der Waals surface area contributed by atoms with Gasteiger partial charge < -0.3 is 15.8 Å². The van der Waals surface area contributed by atoms with Crippen LogP contribution in [0.3, 0.4) is 0 Å². The van der Waals surface area contributed by atoms with Gasteiger partial charge in [-0.25, -0.2) is 4.98 Å². The van der Waals surface area contributed by atoms with Crippen molar-refractivity contribution in [3.63, 3.8) is 0 Å². The van der Waals surface area contributed by atoms with E-state index in [1.807, 2.05) is 5.38 Å². The first-order valence-electron chi connectivity index (χ1n) is 6.29. The second kappa shape index (κ2) is 6.82. The molecule has 2 rings (SSSR count). The number of hydrogen-bond donors (Lipinski definition) is 2. The Labute approximate surface area is 111 Å². The van der Waals surface area contributed by atoms with Gasteiger partial charge in [0.1, 0.15) is 5.01 Å². The Kier molecular flexibility index (Phi) is 5.10. The van der Waals surface area contributed by atoms with Crippen molar-refractivity contribution >= 4 is 17.2 Å². The third kappa shape index (κ3) is 4.04. The van der Waals surface area contributed by atoms with E-state index in [0.29, 0.717) is 19.5 Å². The molecule has 1 unspecified atom stereocenters. The number of nitrogens with one attached hydrogen (secondary N) is 1. The van der Waals surface area contributed by atoms with Gasteiger partial charge in [0, 0.05) is 25.0 Å². The van der Waals surface area contributed by atoms with E-state index >= 15 is 0 Å². The van der Waals surface area contributed by atoms with Crippen molar-refractivity contribution in [3.8, 4) is 0 Å². The number of carbonyl (C=O) groups excluding carboxylic acids is 1. The third-order valence-electron chi connectivity index (χ3n) is 2.86. The average molecular weight is 269 g/mol. The van der Waals surface area contributed by atoms with E-state index in [0.717, 1.165) is 36.6 Å². The molecule has 0 spiro atoms. The minimum absolute atomic E-state index is 0.0131. The van der Waals surface area contributed by atoms with Gasteiger partial charge in [-0.15, -0.1) is 11.3 Å². The topological polar surface area (TPSA) is 77.2 Å². The number of rotatable bonds is 6. The highest BCUT2D eigenvalue weighted by atomic mass is 32.1. The summed E-state index contributed by atoms with van der Waals surface area (Å²) in [5.41, 5.74) is 6.44. The maximum atomic E-state index is 11.7. The standard InChI is InChI=1S/C12H19N3O2S/c13-4-3-9-8-18-12(15-9)6-11(16)14-7-10-2-1-5-17-10/h8,10H,1-7,13H2,(H,14,16). The van der Waals surface area contributed by atoms with Crippen LogP contribution in [0.1, 0.15) is 23.5 Å². The highest BCUT2D eigenvalue weighted by Crippen LogP contribution is 2.12. The molecule has 1 amide bonds. The van der Waals surface area contributed by atoms with Crippen molar-refractivity contribution < 1.29 is 9.53 Å². The highest BCUT2D eigenvalue weighted by molar-refractivity contribution is 7.09. The predicted molar refractivity (Wildman–Crippen MR) is 70.6 cm³/mol. The maximum absolute atomic E-state index is 11.7. The first-order chi connectivity index (χ1) is 8.78. The molecule has 6 heteroatoms. The molecule has 1 aliphatic heterocycles. The fourth-order valence-electron chi connectivity index (χ4n) is 1.93. The molecule has 100 valence electrons. The fourth-order valence-corrected chi connectivity index (χ4v) is 2.75. The zero-order valence-electron chi connectivity index (χ0n) is 10.4. The van der Waals surface area contributed by atoms with Gasteiger partial charge in [0.15, 0.2) is 0 Å². The molecular weight excluding hydrogens is 250 g/mol. The minimum atomic E-state index is 0.0131. The molecule has 2 heterocycles. The van der Waals surface area contributed by atoms with Crippen LogP contribution in [0.5, 0.6) is 0 Å². The van der Waals surface area contributed by atoms with Crippen LogP contribution in [0.15, 0.2) is 5.38 Å². The van der Waals surface area contributed by atoms with Crippen molar-refractivity contribution in [2.75, 3.05) is 19.7 Å². The van der Waals surface area contributed by atoms with Crippen molar-refractivity contribution in [2.45, 2.75) is 31.8 Å². The van der Waals surface area contributed by atoms with E-state index < -0.39 is 0 Å². The zero-order valence-corrected chi connectivity index (χ0v) is 11.2. The summed E-state index contributed by atoms with van der Waals surface area (Å²) in [4.78, 5) is 16.1. The third-order valence-corrected chi connectivity index (χ3v) is 3.76. The summed E-state index contributed by atoms with van der Waals surface area (Å²) in [6, 6.07) is 0. The molecule has 0 radical (unpaired) electrons. The van der Waals surface area contributed by atoms with Gasteiger partial charge in [-0.2, -0.15) is 0 Å². The molecule has 0 bridgehead atoms. The molecule has 1 aliphatic rings. The Morgan fingerprint density at radius 2 is 2.56 bits per heavy atom. The van der Waals surface area contributed by atoms with E-state index in [1.165, 1.54) is 11.3 Å². The summed E-state index contributed by atoms with van der Waals surface area (Å²) in [7, 11) is 0. The molecule has 5 nitrogen and oxygen atoms in total. The van der Waals surface area contributed by atoms with E-state index in [-0.39, 0.29) is 12.0 Å². The number of ether oxygens (including phenoxy) is 1. The second-order valence-corrected chi connectivity index (χ2v) is 5.33. The fraction of sp³-hybridized carbons (Fsp3) is 0.667. The first-order valence-corrected chi connectivity index (χ1v) is 7.17. The molecular formula is C12H19N3O2S. The summed E-state index contributed by atoms with van der Waals surface area (Å²) >= 11 is 1.52. The molecule has 3 N–H and O–H groups in total. The maximum Gasteiger partial charge on any atom is 0.226 e. The van der Waals surface area contributed by atoms with Crippen LogP contribution in [-0.2, 0) is 22.4 Å². The minimum Gasteiger partial charge on any atom is -0.376 e. The smallest absolute Gasteiger partial charge is 0.226 e. The van der Waals surface area contributed by atoms with Gasteiger partial charge in [0.05, 0.1) is 18.2 Å². The van der Waals surface area contributed by atoms with Gasteiger partial charge in [0.25, 0.3) is 0 Å². The molecule has 0 saturated carbocycles. The van der Waals surface area contributed by atoms with E-state index in [1.54, 1.807) is 0 Å². The number of thiazole rings is 1. The van der Waals surface area contributed by atoms with Crippen molar-refractivity contribution in [3.05, 3.63) is 16.1 Å². The summed E-state index contributed by atoms with van der Waals surface area (Å²) in [5, 5.41) is 5.71. The molecule has 0 aliphatic carbocycles. The average Bonchev–Trinajstić information content (AvgIpc) is 2.99. The lowest BCUT2D eigenvalue weighted by Crippen LogP contribution is -2.32. The van der Waals surface area contributed by atoms with Gasteiger partial charge in [0.2, 0.25) is 5.91 Å². The SMILES string of the molecule is NCCc1csc(CC(=O)NCC2CCCO2)n1. The van der Waals surface area contributed by atoms with E-state index in [9.17, 15) is 4.79 Å². The molecule has 18 heavy (non-hydrogen) atoms.